The molecule has 0 unspecified atom stereocenters. The Bertz CT molecular complexity index is 550. The van der Waals surface area contributed by atoms with Crippen molar-refractivity contribution in [2.24, 2.45) is 0 Å². The average Bonchev–Trinajstić information content (AvgIpc) is 2.56. The molecule has 1 saturated carbocycles. The highest BCUT2D eigenvalue weighted by Gasteiger charge is 2.25. The van der Waals surface area contributed by atoms with Crippen molar-refractivity contribution in [1.82, 2.24) is 4.98 Å². The Morgan fingerprint density at radius 3 is 2.43 bits per heavy atom. The van der Waals surface area contributed by atoms with E-state index in [4.69, 9.17) is 4.74 Å². The first-order valence-electron chi connectivity index (χ1n) is 8.65. The Kier molecular flexibility index (Phi) is 5.10. The Hall–Kier alpha value is -1.69. The van der Waals surface area contributed by atoms with Crippen LogP contribution in [0.2, 0.25) is 0 Å². The first-order valence-corrected chi connectivity index (χ1v) is 8.65. The minimum Gasteiger partial charge on any atom is -0.375 e. The lowest BCUT2D eigenvalue weighted by Crippen LogP contribution is -2.39. The molecule has 0 spiro atoms. The van der Waals surface area contributed by atoms with Gasteiger partial charge in [0.2, 0.25) is 0 Å². The smallest absolute Gasteiger partial charge is 0.290 e. The second-order valence-electron chi connectivity index (χ2n) is 6.67. The molecule has 0 N–H and O–H groups in total. The second-order valence-corrected chi connectivity index (χ2v) is 6.67. The van der Waals surface area contributed by atoms with Gasteiger partial charge in [-0.3, -0.25) is 10.1 Å². The fourth-order valence-corrected chi connectivity index (χ4v) is 3.59. The molecule has 1 aliphatic heterocycles. The van der Waals surface area contributed by atoms with Gasteiger partial charge in [-0.15, -0.1) is 0 Å². The van der Waals surface area contributed by atoms with Gasteiger partial charge in [-0.1, -0.05) is 19.3 Å². The second kappa shape index (κ2) is 7.25. The Morgan fingerprint density at radius 2 is 1.83 bits per heavy atom. The van der Waals surface area contributed by atoms with Crippen molar-refractivity contribution in [3.05, 3.63) is 27.9 Å². The van der Waals surface area contributed by atoms with Crippen molar-refractivity contribution in [2.75, 3.05) is 18.0 Å². The van der Waals surface area contributed by atoms with E-state index in [1.165, 1.54) is 38.3 Å². The van der Waals surface area contributed by atoms with Crippen LogP contribution in [0.15, 0.2) is 12.3 Å². The maximum absolute atomic E-state index is 10.9. The summed E-state index contributed by atoms with van der Waals surface area (Å²) in [5.74, 6) is 0.837. The number of hydrogen-bond acceptors (Lipinski definition) is 5. The fraction of sp³-hybridized carbons (Fsp3) is 0.706. The van der Waals surface area contributed by atoms with Crippen LogP contribution >= 0.6 is 0 Å². The molecule has 1 aromatic rings. The van der Waals surface area contributed by atoms with Crippen LogP contribution in [-0.2, 0) is 4.74 Å². The zero-order chi connectivity index (χ0) is 16.2. The summed E-state index contributed by atoms with van der Waals surface area (Å²) in [4.78, 5) is 17.0. The van der Waals surface area contributed by atoms with Crippen molar-refractivity contribution in [2.45, 2.75) is 64.1 Å². The summed E-state index contributed by atoms with van der Waals surface area (Å²) in [5, 5.41) is 10.9. The molecule has 2 heterocycles. The molecule has 1 aliphatic carbocycles. The molecule has 23 heavy (non-hydrogen) atoms. The molecule has 126 valence electrons. The maximum atomic E-state index is 10.9. The van der Waals surface area contributed by atoms with Crippen molar-refractivity contribution >= 4 is 11.5 Å². The summed E-state index contributed by atoms with van der Waals surface area (Å²) in [7, 11) is 0. The highest BCUT2D eigenvalue weighted by molar-refractivity contribution is 5.48. The lowest BCUT2D eigenvalue weighted by molar-refractivity contribution is -0.385. The van der Waals surface area contributed by atoms with Gasteiger partial charge in [0, 0.05) is 18.7 Å². The predicted molar refractivity (Wildman–Crippen MR) is 88.8 cm³/mol. The van der Waals surface area contributed by atoms with Crippen LogP contribution in [0.25, 0.3) is 0 Å². The van der Waals surface area contributed by atoms with Crippen LogP contribution in [0, 0.1) is 17.0 Å². The highest BCUT2D eigenvalue weighted by Crippen LogP contribution is 2.27. The third kappa shape index (κ3) is 3.99. The molecular formula is C17H25N3O3. The van der Waals surface area contributed by atoms with E-state index in [-0.39, 0.29) is 10.6 Å². The van der Waals surface area contributed by atoms with Gasteiger partial charge in [-0.2, -0.15) is 0 Å². The molecular weight excluding hydrogens is 294 g/mol. The number of nitrogens with zero attached hydrogens (tertiary/aromatic N) is 3. The number of aromatic nitrogens is 1. The van der Waals surface area contributed by atoms with Gasteiger partial charge < -0.3 is 9.64 Å². The number of nitro groups is 1. The van der Waals surface area contributed by atoms with E-state index in [0.717, 1.165) is 31.7 Å². The van der Waals surface area contributed by atoms with Crippen LogP contribution < -0.4 is 4.90 Å². The van der Waals surface area contributed by atoms with E-state index in [2.05, 4.69) is 9.88 Å². The van der Waals surface area contributed by atoms with E-state index >= 15 is 0 Å². The Labute approximate surface area is 137 Å². The van der Waals surface area contributed by atoms with E-state index in [0.29, 0.717) is 17.8 Å². The van der Waals surface area contributed by atoms with Crippen LogP contribution in [0.3, 0.4) is 0 Å². The van der Waals surface area contributed by atoms with Gasteiger partial charge in [0.05, 0.1) is 17.1 Å². The highest BCUT2D eigenvalue weighted by atomic mass is 16.6. The number of piperidine rings is 1. The zero-order valence-electron chi connectivity index (χ0n) is 13.7. The molecule has 6 nitrogen and oxygen atoms in total. The van der Waals surface area contributed by atoms with Gasteiger partial charge in [0.15, 0.2) is 0 Å². The topological polar surface area (TPSA) is 68.5 Å². The number of aryl methyl sites for hydroxylation is 1. The van der Waals surface area contributed by atoms with Crippen LogP contribution in [-0.4, -0.2) is 35.2 Å². The number of pyridine rings is 1. The van der Waals surface area contributed by atoms with Gasteiger partial charge in [-0.05, 0) is 38.7 Å². The van der Waals surface area contributed by atoms with Crippen molar-refractivity contribution in [1.29, 1.82) is 0 Å². The molecule has 0 aromatic carbocycles. The molecule has 0 amide bonds. The Balaban J connectivity index is 1.54. The summed E-state index contributed by atoms with van der Waals surface area (Å²) >= 11 is 0. The standard InChI is InChI=1S/C17H25N3O3/c1-13-11-17(18-12-16(13)20(21)22)19-9-7-15(8-10-19)23-14-5-3-2-4-6-14/h11-12,14-15H,2-10H2,1H3. The number of anilines is 1. The van der Waals surface area contributed by atoms with Crippen molar-refractivity contribution in [3.63, 3.8) is 0 Å². The van der Waals surface area contributed by atoms with Crippen LogP contribution in [0.4, 0.5) is 11.5 Å². The molecule has 3 rings (SSSR count). The number of rotatable bonds is 4. The predicted octanol–water partition coefficient (Wildman–Crippen LogP) is 3.62. The molecule has 2 fully saturated rings. The minimum atomic E-state index is -0.379. The molecule has 1 aromatic heterocycles. The van der Waals surface area contributed by atoms with Crippen molar-refractivity contribution in [3.8, 4) is 0 Å². The summed E-state index contributed by atoms with van der Waals surface area (Å²) < 4.78 is 6.25. The first-order chi connectivity index (χ1) is 11.1. The summed E-state index contributed by atoms with van der Waals surface area (Å²) in [6, 6.07) is 1.82. The lowest BCUT2D eigenvalue weighted by atomic mass is 9.97. The average molecular weight is 319 g/mol. The largest absolute Gasteiger partial charge is 0.375 e. The van der Waals surface area contributed by atoms with Crippen LogP contribution in [0.1, 0.15) is 50.5 Å². The summed E-state index contributed by atoms with van der Waals surface area (Å²) in [6.45, 7) is 3.57. The fourth-order valence-electron chi connectivity index (χ4n) is 3.59. The minimum absolute atomic E-state index is 0.0873. The third-order valence-corrected chi connectivity index (χ3v) is 4.97. The van der Waals surface area contributed by atoms with Gasteiger partial charge in [-0.25, -0.2) is 4.98 Å². The summed E-state index contributed by atoms with van der Waals surface area (Å²) in [6.07, 6.45) is 10.6. The SMILES string of the molecule is Cc1cc(N2CCC(OC3CCCCC3)CC2)ncc1[N+](=O)[O-]. The first kappa shape index (κ1) is 16.2. The Morgan fingerprint density at radius 1 is 1.17 bits per heavy atom. The normalized spacial score (nSPS) is 20.7. The van der Waals surface area contributed by atoms with Gasteiger partial charge in [0.1, 0.15) is 12.0 Å². The molecule has 6 heteroatoms. The number of hydrogen-bond donors (Lipinski definition) is 0. The van der Waals surface area contributed by atoms with Gasteiger partial charge in [0.25, 0.3) is 5.69 Å². The molecule has 2 aliphatic rings. The van der Waals surface area contributed by atoms with E-state index in [1.807, 2.05) is 6.07 Å². The van der Waals surface area contributed by atoms with E-state index in [1.54, 1.807) is 6.92 Å². The third-order valence-electron chi connectivity index (χ3n) is 4.97. The quantitative estimate of drug-likeness (QED) is 0.626. The zero-order valence-corrected chi connectivity index (χ0v) is 13.7. The number of ether oxygens (including phenoxy) is 1. The molecule has 0 radical (unpaired) electrons. The van der Waals surface area contributed by atoms with E-state index < -0.39 is 0 Å². The molecule has 0 bridgehead atoms. The summed E-state index contributed by atoms with van der Waals surface area (Å²) in [5.41, 5.74) is 0.754. The molecule has 0 atom stereocenters. The van der Waals surface area contributed by atoms with Crippen LogP contribution in [0.5, 0.6) is 0 Å². The van der Waals surface area contributed by atoms with Gasteiger partial charge >= 0.3 is 0 Å². The van der Waals surface area contributed by atoms with Crippen molar-refractivity contribution < 1.29 is 9.66 Å². The molecule has 1 saturated heterocycles. The lowest BCUT2D eigenvalue weighted by Gasteiger charge is -2.35. The van der Waals surface area contributed by atoms with E-state index in [9.17, 15) is 10.1 Å². The maximum Gasteiger partial charge on any atom is 0.290 e. The monoisotopic (exact) mass is 319 g/mol.